The van der Waals surface area contributed by atoms with Crippen molar-refractivity contribution in [3.05, 3.63) is 65.7 Å². The van der Waals surface area contributed by atoms with Crippen molar-refractivity contribution in [3.63, 3.8) is 0 Å². The zero-order valence-electron chi connectivity index (χ0n) is 16.0. The van der Waals surface area contributed by atoms with E-state index in [1.54, 1.807) is 0 Å². The second-order valence-corrected chi connectivity index (χ2v) is 8.21. The average molecular weight is 383 g/mol. The van der Waals surface area contributed by atoms with Crippen LogP contribution in [-0.4, -0.2) is 37.0 Å². The Kier molecular flexibility index (Phi) is 8.25. The number of nitrogens with zero attached hydrogens (tertiary/aromatic N) is 1. The van der Waals surface area contributed by atoms with Crippen LogP contribution in [0.1, 0.15) is 48.0 Å². The molecule has 1 heterocycles. The van der Waals surface area contributed by atoms with Crippen molar-refractivity contribution < 1.29 is 4.79 Å². The lowest BCUT2D eigenvalue weighted by molar-refractivity contribution is 0.0951. The van der Waals surface area contributed by atoms with E-state index in [-0.39, 0.29) is 5.91 Å². The van der Waals surface area contributed by atoms with Crippen LogP contribution in [0.4, 0.5) is 0 Å². The molecule has 0 saturated carbocycles. The second-order valence-electron chi connectivity index (χ2n) is 7.16. The summed E-state index contributed by atoms with van der Waals surface area (Å²) in [6, 6.07) is 18.4. The maximum absolute atomic E-state index is 12.3. The first-order valence-corrected chi connectivity index (χ1v) is 11.1. The third-order valence-electron chi connectivity index (χ3n) is 5.00. The van der Waals surface area contributed by atoms with Crippen molar-refractivity contribution in [1.82, 2.24) is 10.2 Å². The molecule has 144 valence electrons. The Labute approximate surface area is 167 Å². The standard InChI is InChI=1S/C23H30N2OS/c26-23(24-15-8-18-25-16-6-1-2-7-17-25)21-13-11-20(12-14-21)19-27-22-9-4-3-5-10-22/h3-5,9-14H,1-2,6-8,15-19H2,(H,24,26). The normalized spacial score (nSPS) is 15.3. The van der Waals surface area contributed by atoms with E-state index in [2.05, 4.69) is 46.6 Å². The molecular formula is C23H30N2OS. The minimum absolute atomic E-state index is 0.0353. The molecule has 0 spiro atoms. The fourth-order valence-electron chi connectivity index (χ4n) is 3.40. The summed E-state index contributed by atoms with van der Waals surface area (Å²) < 4.78 is 0. The monoisotopic (exact) mass is 382 g/mol. The Balaban J connectivity index is 1.37. The molecule has 1 fully saturated rings. The SMILES string of the molecule is O=C(NCCCN1CCCCCC1)c1ccc(CSc2ccccc2)cc1. The first-order chi connectivity index (χ1) is 13.3. The van der Waals surface area contributed by atoms with Gasteiger partial charge in [0.1, 0.15) is 0 Å². The van der Waals surface area contributed by atoms with E-state index < -0.39 is 0 Å². The predicted octanol–water partition coefficient (Wildman–Crippen LogP) is 4.97. The van der Waals surface area contributed by atoms with E-state index in [4.69, 9.17) is 0 Å². The summed E-state index contributed by atoms with van der Waals surface area (Å²) in [5.74, 6) is 0.954. The number of amides is 1. The number of carbonyl (C=O) groups is 1. The van der Waals surface area contributed by atoms with Gasteiger partial charge in [-0.25, -0.2) is 0 Å². The lowest BCUT2D eigenvalue weighted by atomic mass is 10.1. The van der Waals surface area contributed by atoms with Gasteiger partial charge in [0.25, 0.3) is 5.91 Å². The molecular weight excluding hydrogens is 352 g/mol. The fourth-order valence-corrected chi connectivity index (χ4v) is 4.28. The molecule has 1 aliphatic heterocycles. The highest BCUT2D eigenvalue weighted by Gasteiger charge is 2.09. The van der Waals surface area contributed by atoms with Gasteiger partial charge in [-0.15, -0.1) is 11.8 Å². The van der Waals surface area contributed by atoms with Crippen molar-refractivity contribution in [2.24, 2.45) is 0 Å². The zero-order valence-corrected chi connectivity index (χ0v) is 16.8. The van der Waals surface area contributed by atoms with Gasteiger partial charge in [0.15, 0.2) is 0 Å². The summed E-state index contributed by atoms with van der Waals surface area (Å²) in [5, 5.41) is 3.06. The molecule has 0 unspecified atom stereocenters. The maximum Gasteiger partial charge on any atom is 0.251 e. The smallest absolute Gasteiger partial charge is 0.251 e. The lowest BCUT2D eigenvalue weighted by Crippen LogP contribution is -2.30. The molecule has 0 aromatic heterocycles. The molecule has 1 amide bonds. The van der Waals surface area contributed by atoms with Crippen LogP contribution in [0.2, 0.25) is 0 Å². The molecule has 0 aliphatic carbocycles. The van der Waals surface area contributed by atoms with Crippen molar-refractivity contribution in [3.8, 4) is 0 Å². The number of hydrogen-bond acceptors (Lipinski definition) is 3. The minimum Gasteiger partial charge on any atom is -0.352 e. The van der Waals surface area contributed by atoms with Crippen molar-refractivity contribution in [2.75, 3.05) is 26.2 Å². The van der Waals surface area contributed by atoms with Gasteiger partial charge in [0, 0.05) is 22.8 Å². The van der Waals surface area contributed by atoms with E-state index >= 15 is 0 Å². The summed E-state index contributed by atoms with van der Waals surface area (Å²) >= 11 is 1.81. The molecule has 0 bridgehead atoms. The number of likely N-dealkylation sites (tertiary alicyclic amines) is 1. The molecule has 3 nitrogen and oxygen atoms in total. The van der Waals surface area contributed by atoms with Crippen LogP contribution in [0.5, 0.6) is 0 Å². The van der Waals surface area contributed by atoms with Crippen LogP contribution in [0.25, 0.3) is 0 Å². The third kappa shape index (κ3) is 7.04. The molecule has 0 atom stereocenters. The fraction of sp³-hybridized carbons (Fsp3) is 0.435. The molecule has 1 saturated heterocycles. The summed E-state index contributed by atoms with van der Waals surface area (Å²) in [4.78, 5) is 16.1. The van der Waals surface area contributed by atoms with Crippen molar-refractivity contribution >= 4 is 17.7 Å². The summed E-state index contributed by atoms with van der Waals surface area (Å²) in [6.45, 7) is 4.28. The Hall–Kier alpha value is -1.78. The van der Waals surface area contributed by atoms with Gasteiger partial charge >= 0.3 is 0 Å². The highest BCUT2D eigenvalue weighted by Crippen LogP contribution is 2.22. The van der Waals surface area contributed by atoms with Gasteiger partial charge < -0.3 is 10.2 Å². The van der Waals surface area contributed by atoms with Gasteiger partial charge in [-0.3, -0.25) is 4.79 Å². The van der Waals surface area contributed by atoms with E-state index in [9.17, 15) is 4.79 Å². The Morgan fingerprint density at radius 3 is 2.33 bits per heavy atom. The van der Waals surface area contributed by atoms with Crippen molar-refractivity contribution in [1.29, 1.82) is 0 Å². The first kappa shape index (κ1) is 20.0. The van der Waals surface area contributed by atoms with Gasteiger partial charge in [-0.2, -0.15) is 0 Å². The molecule has 1 N–H and O–H groups in total. The first-order valence-electron chi connectivity index (χ1n) is 10.1. The largest absolute Gasteiger partial charge is 0.352 e. The summed E-state index contributed by atoms with van der Waals surface area (Å²) in [5.41, 5.74) is 1.99. The number of carbonyl (C=O) groups excluding carboxylic acids is 1. The topological polar surface area (TPSA) is 32.3 Å². The Morgan fingerprint density at radius 2 is 1.63 bits per heavy atom. The lowest BCUT2D eigenvalue weighted by Gasteiger charge is -2.19. The van der Waals surface area contributed by atoms with Crippen LogP contribution in [0.15, 0.2) is 59.5 Å². The number of thioether (sulfide) groups is 1. The van der Waals surface area contributed by atoms with Crippen LogP contribution in [0.3, 0.4) is 0 Å². The average Bonchev–Trinajstić information content (AvgIpc) is 2.99. The molecule has 27 heavy (non-hydrogen) atoms. The highest BCUT2D eigenvalue weighted by atomic mass is 32.2. The summed E-state index contributed by atoms with van der Waals surface area (Å²) in [6.07, 6.45) is 6.40. The van der Waals surface area contributed by atoms with Gasteiger partial charge in [0.2, 0.25) is 0 Å². The highest BCUT2D eigenvalue weighted by molar-refractivity contribution is 7.98. The minimum atomic E-state index is 0.0353. The van der Waals surface area contributed by atoms with Crippen LogP contribution in [0, 0.1) is 0 Å². The van der Waals surface area contributed by atoms with Gasteiger partial charge in [-0.1, -0.05) is 43.2 Å². The molecule has 3 rings (SSSR count). The quantitative estimate of drug-likeness (QED) is 0.516. The van der Waals surface area contributed by atoms with Crippen molar-refractivity contribution in [2.45, 2.75) is 42.8 Å². The molecule has 2 aromatic carbocycles. The molecule has 2 aromatic rings. The van der Waals surface area contributed by atoms with E-state index in [1.807, 2.05) is 30.0 Å². The van der Waals surface area contributed by atoms with Crippen LogP contribution < -0.4 is 5.32 Å². The molecule has 4 heteroatoms. The van der Waals surface area contributed by atoms with E-state index in [1.165, 1.54) is 49.2 Å². The van der Waals surface area contributed by atoms with Gasteiger partial charge in [-0.05, 0) is 68.7 Å². The predicted molar refractivity (Wildman–Crippen MR) is 114 cm³/mol. The number of rotatable bonds is 8. The van der Waals surface area contributed by atoms with Gasteiger partial charge in [0.05, 0.1) is 0 Å². The molecule has 1 aliphatic rings. The summed E-state index contributed by atoms with van der Waals surface area (Å²) in [7, 11) is 0. The van der Waals surface area contributed by atoms with E-state index in [0.29, 0.717) is 0 Å². The Morgan fingerprint density at radius 1 is 0.926 bits per heavy atom. The number of benzene rings is 2. The number of hydrogen-bond donors (Lipinski definition) is 1. The Bertz CT molecular complexity index is 679. The molecule has 0 radical (unpaired) electrons. The second kappa shape index (κ2) is 11.2. The number of nitrogens with one attached hydrogen (secondary N) is 1. The van der Waals surface area contributed by atoms with E-state index in [0.717, 1.165) is 30.8 Å². The third-order valence-corrected chi connectivity index (χ3v) is 6.08. The van der Waals surface area contributed by atoms with Crippen LogP contribution >= 0.6 is 11.8 Å². The maximum atomic E-state index is 12.3. The van der Waals surface area contributed by atoms with Crippen LogP contribution in [-0.2, 0) is 5.75 Å². The zero-order chi connectivity index (χ0) is 18.7.